The smallest absolute Gasteiger partial charge is 0.332 e. The zero-order chi connectivity index (χ0) is 14.0. The number of rotatable bonds is 3. The molecule has 19 heavy (non-hydrogen) atoms. The maximum atomic E-state index is 11.1. The summed E-state index contributed by atoms with van der Waals surface area (Å²) in [7, 11) is 0. The van der Waals surface area contributed by atoms with Gasteiger partial charge in [0, 0.05) is 4.47 Å². The van der Waals surface area contributed by atoms with Crippen LogP contribution < -0.4 is 5.32 Å². The summed E-state index contributed by atoms with van der Waals surface area (Å²) in [5, 5.41) is 13.9. The van der Waals surface area contributed by atoms with Gasteiger partial charge in [-0.25, -0.2) is 4.98 Å². The molecule has 0 spiro atoms. The molecule has 0 bridgehead atoms. The number of nitrogens with one attached hydrogen (secondary N) is 1. The van der Waals surface area contributed by atoms with E-state index in [1.165, 1.54) is 6.92 Å². The van der Waals surface area contributed by atoms with Gasteiger partial charge in [-0.05, 0) is 46.6 Å². The third-order valence-electron chi connectivity index (χ3n) is 2.34. The number of hydrogen-bond acceptors (Lipinski definition) is 5. The van der Waals surface area contributed by atoms with Crippen LogP contribution in [0.2, 0.25) is 5.28 Å². The molecule has 98 valence electrons. The van der Waals surface area contributed by atoms with E-state index >= 15 is 0 Å². The summed E-state index contributed by atoms with van der Waals surface area (Å²) in [6.07, 6.45) is 0. The Morgan fingerprint density at radius 1 is 1.37 bits per heavy atom. The van der Waals surface area contributed by atoms with Crippen molar-refractivity contribution < 1.29 is 4.92 Å². The van der Waals surface area contributed by atoms with Gasteiger partial charge in [0.15, 0.2) is 0 Å². The Hall–Kier alpha value is -1.73. The van der Waals surface area contributed by atoms with Gasteiger partial charge in [0.1, 0.15) is 5.69 Å². The molecule has 6 nitrogen and oxygen atoms in total. The molecule has 0 fully saturated rings. The summed E-state index contributed by atoms with van der Waals surface area (Å²) in [5.74, 6) is 0.0643. The predicted molar refractivity (Wildman–Crippen MR) is 75.9 cm³/mol. The van der Waals surface area contributed by atoms with Gasteiger partial charge in [0.05, 0.1) is 10.6 Å². The number of nitro groups is 1. The molecule has 0 atom stereocenters. The third-order valence-corrected chi connectivity index (χ3v) is 3.20. The van der Waals surface area contributed by atoms with Crippen molar-refractivity contribution in [3.05, 3.63) is 49.8 Å². The predicted octanol–water partition coefficient (Wildman–Crippen LogP) is 3.85. The van der Waals surface area contributed by atoms with Gasteiger partial charge in [-0.15, -0.1) is 0 Å². The summed E-state index contributed by atoms with van der Waals surface area (Å²) in [4.78, 5) is 18.2. The van der Waals surface area contributed by atoms with Crippen molar-refractivity contribution in [3.63, 3.8) is 0 Å². The molecule has 0 aliphatic carbocycles. The average Bonchev–Trinajstić information content (AvgIpc) is 2.30. The Labute approximate surface area is 122 Å². The number of aryl methyl sites for hydroxylation is 1. The van der Waals surface area contributed by atoms with Gasteiger partial charge >= 0.3 is 5.69 Å². The van der Waals surface area contributed by atoms with Gasteiger partial charge in [-0.1, -0.05) is 12.1 Å². The molecule has 1 aromatic heterocycles. The van der Waals surface area contributed by atoms with Crippen LogP contribution in [0.3, 0.4) is 0 Å². The van der Waals surface area contributed by atoms with Crippen LogP contribution in [0.25, 0.3) is 0 Å². The fourth-order valence-electron chi connectivity index (χ4n) is 1.53. The summed E-state index contributed by atoms with van der Waals surface area (Å²) in [6.45, 7) is 1.51. The topological polar surface area (TPSA) is 81.0 Å². The Morgan fingerprint density at radius 2 is 2.05 bits per heavy atom. The number of benzene rings is 1. The van der Waals surface area contributed by atoms with E-state index in [1.807, 2.05) is 12.1 Å². The van der Waals surface area contributed by atoms with Crippen LogP contribution in [0.1, 0.15) is 5.69 Å². The first-order valence-electron chi connectivity index (χ1n) is 5.19. The van der Waals surface area contributed by atoms with E-state index in [1.54, 1.807) is 12.1 Å². The minimum Gasteiger partial charge on any atom is -0.333 e. The highest BCUT2D eigenvalue weighted by atomic mass is 79.9. The minimum absolute atomic E-state index is 0.0438. The molecule has 0 saturated heterocycles. The van der Waals surface area contributed by atoms with Crippen LogP contribution in [-0.2, 0) is 0 Å². The summed E-state index contributed by atoms with van der Waals surface area (Å²) in [5.41, 5.74) is 0.666. The molecule has 2 rings (SSSR count). The summed E-state index contributed by atoms with van der Waals surface area (Å²) < 4.78 is 0.761. The molecule has 2 aromatic rings. The summed E-state index contributed by atoms with van der Waals surface area (Å²) >= 11 is 9.08. The maximum absolute atomic E-state index is 11.1. The van der Waals surface area contributed by atoms with E-state index in [-0.39, 0.29) is 22.5 Å². The SMILES string of the molecule is Cc1nc(Cl)nc(Nc2ccccc2Br)c1[N+](=O)[O-]. The largest absolute Gasteiger partial charge is 0.333 e. The fraction of sp³-hybridized carbons (Fsp3) is 0.0909. The first kappa shape index (κ1) is 13.7. The van der Waals surface area contributed by atoms with Crippen molar-refractivity contribution in [1.29, 1.82) is 0 Å². The van der Waals surface area contributed by atoms with Crippen molar-refractivity contribution in [2.75, 3.05) is 5.32 Å². The first-order chi connectivity index (χ1) is 8.99. The van der Waals surface area contributed by atoms with Crippen LogP contribution in [0, 0.1) is 17.0 Å². The molecule has 1 N–H and O–H groups in total. The molecular formula is C11H8BrClN4O2. The highest BCUT2D eigenvalue weighted by molar-refractivity contribution is 9.10. The van der Waals surface area contributed by atoms with E-state index in [0.717, 1.165) is 4.47 Å². The average molecular weight is 344 g/mol. The van der Waals surface area contributed by atoms with Crippen molar-refractivity contribution in [3.8, 4) is 0 Å². The van der Waals surface area contributed by atoms with E-state index in [4.69, 9.17) is 11.6 Å². The monoisotopic (exact) mass is 342 g/mol. The van der Waals surface area contributed by atoms with Gasteiger partial charge < -0.3 is 5.32 Å². The highest BCUT2D eigenvalue weighted by Crippen LogP contribution is 2.31. The second kappa shape index (κ2) is 5.50. The lowest BCUT2D eigenvalue weighted by molar-refractivity contribution is -0.385. The molecule has 0 saturated carbocycles. The number of aromatic nitrogens is 2. The number of anilines is 2. The molecule has 0 aliphatic heterocycles. The number of halogens is 2. The van der Waals surface area contributed by atoms with E-state index < -0.39 is 4.92 Å². The molecule has 0 radical (unpaired) electrons. The Morgan fingerprint density at radius 3 is 2.68 bits per heavy atom. The van der Waals surface area contributed by atoms with Crippen LogP contribution in [-0.4, -0.2) is 14.9 Å². The highest BCUT2D eigenvalue weighted by Gasteiger charge is 2.22. The van der Waals surface area contributed by atoms with Gasteiger partial charge in [-0.2, -0.15) is 4.98 Å². The van der Waals surface area contributed by atoms with Crippen LogP contribution in [0.15, 0.2) is 28.7 Å². The van der Waals surface area contributed by atoms with Crippen molar-refractivity contribution >= 4 is 44.7 Å². The van der Waals surface area contributed by atoms with Crippen LogP contribution >= 0.6 is 27.5 Å². The van der Waals surface area contributed by atoms with Gasteiger partial charge in [0.2, 0.25) is 11.1 Å². The van der Waals surface area contributed by atoms with E-state index in [0.29, 0.717) is 5.69 Å². The lowest BCUT2D eigenvalue weighted by Crippen LogP contribution is -2.04. The fourth-order valence-corrected chi connectivity index (χ4v) is 2.12. The van der Waals surface area contributed by atoms with Crippen LogP contribution in [0.5, 0.6) is 0 Å². The van der Waals surface area contributed by atoms with Gasteiger partial charge in [0.25, 0.3) is 0 Å². The lowest BCUT2D eigenvalue weighted by atomic mass is 10.3. The molecule has 0 aliphatic rings. The van der Waals surface area contributed by atoms with Crippen molar-refractivity contribution in [2.24, 2.45) is 0 Å². The minimum atomic E-state index is -0.537. The summed E-state index contributed by atoms with van der Waals surface area (Å²) in [6, 6.07) is 7.21. The van der Waals surface area contributed by atoms with E-state index in [2.05, 4.69) is 31.2 Å². The van der Waals surface area contributed by atoms with Gasteiger partial charge in [-0.3, -0.25) is 10.1 Å². The van der Waals surface area contributed by atoms with Crippen LogP contribution in [0.4, 0.5) is 17.2 Å². The number of nitrogens with zero attached hydrogens (tertiary/aromatic N) is 3. The Balaban J connectivity index is 2.51. The second-order valence-corrected chi connectivity index (χ2v) is 4.83. The standard InChI is InChI=1S/C11H8BrClN4O2/c1-6-9(17(18)19)10(16-11(13)14-6)15-8-5-3-2-4-7(8)12/h2-5H,1H3,(H,14,15,16). The van der Waals surface area contributed by atoms with E-state index in [9.17, 15) is 10.1 Å². The zero-order valence-electron chi connectivity index (χ0n) is 9.72. The molecular weight excluding hydrogens is 336 g/mol. The normalized spacial score (nSPS) is 10.3. The first-order valence-corrected chi connectivity index (χ1v) is 6.36. The molecule has 1 heterocycles. The zero-order valence-corrected chi connectivity index (χ0v) is 12.1. The molecule has 0 amide bonds. The second-order valence-electron chi connectivity index (χ2n) is 3.64. The molecule has 8 heteroatoms. The number of para-hydroxylation sites is 1. The Bertz CT molecular complexity index is 651. The quantitative estimate of drug-likeness (QED) is 0.520. The van der Waals surface area contributed by atoms with Crippen molar-refractivity contribution in [1.82, 2.24) is 9.97 Å². The third kappa shape index (κ3) is 2.99. The number of hydrogen-bond donors (Lipinski definition) is 1. The molecule has 0 unspecified atom stereocenters. The van der Waals surface area contributed by atoms with Crippen molar-refractivity contribution in [2.45, 2.75) is 6.92 Å². The Kier molecular flexibility index (Phi) is 3.96. The lowest BCUT2D eigenvalue weighted by Gasteiger charge is -2.09. The maximum Gasteiger partial charge on any atom is 0.332 e. The molecule has 1 aromatic carbocycles.